The maximum absolute atomic E-state index is 2.39. The lowest BCUT2D eigenvalue weighted by Gasteiger charge is -2.42. The quantitative estimate of drug-likeness (QED) is 0.240. The highest BCUT2D eigenvalue weighted by Gasteiger charge is 2.45. The lowest BCUT2D eigenvalue weighted by atomic mass is 9.59. The van der Waals surface area contributed by atoms with Crippen molar-refractivity contribution in [1.29, 1.82) is 0 Å². The first-order valence-corrected chi connectivity index (χ1v) is 12.7. The summed E-state index contributed by atoms with van der Waals surface area (Å²) < 4.78 is 0. The summed E-state index contributed by atoms with van der Waals surface area (Å²) in [6, 6.07) is 30.2. The van der Waals surface area contributed by atoms with Crippen molar-refractivity contribution in [1.82, 2.24) is 0 Å². The number of hydrogen-bond acceptors (Lipinski definition) is 0. The molecule has 2 aliphatic carbocycles. The van der Waals surface area contributed by atoms with Crippen LogP contribution >= 0.6 is 0 Å². The van der Waals surface area contributed by atoms with Gasteiger partial charge in [0, 0.05) is 5.92 Å². The zero-order chi connectivity index (χ0) is 24.2. The van der Waals surface area contributed by atoms with Crippen LogP contribution in [0.25, 0.3) is 11.1 Å². The van der Waals surface area contributed by atoms with Crippen LogP contribution in [0.15, 0.2) is 103 Å². The van der Waals surface area contributed by atoms with Gasteiger partial charge in [-0.1, -0.05) is 120 Å². The van der Waals surface area contributed by atoms with Crippen molar-refractivity contribution in [3.63, 3.8) is 0 Å². The van der Waals surface area contributed by atoms with Crippen molar-refractivity contribution in [2.24, 2.45) is 5.92 Å². The molecule has 4 aromatic carbocycles. The molecule has 0 spiro atoms. The van der Waals surface area contributed by atoms with Crippen molar-refractivity contribution >= 4 is 0 Å². The van der Waals surface area contributed by atoms with Gasteiger partial charge in [-0.3, -0.25) is 0 Å². The summed E-state index contributed by atoms with van der Waals surface area (Å²) in [5, 5.41) is 0. The first-order valence-electron chi connectivity index (χ1n) is 12.7. The van der Waals surface area contributed by atoms with Crippen molar-refractivity contribution in [2.45, 2.75) is 39.5 Å². The lowest BCUT2D eigenvalue weighted by molar-refractivity contribution is 0.521. The van der Waals surface area contributed by atoms with Crippen molar-refractivity contribution in [2.75, 3.05) is 0 Å². The molecule has 0 aromatic heterocycles. The summed E-state index contributed by atoms with van der Waals surface area (Å²) in [6.45, 7) is 8.87. The lowest BCUT2D eigenvalue weighted by Crippen LogP contribution is -2.37. The van der Waals surface area contributed by atoms with E-state index < -0.39 is 0 Å². The Morgan fingerprint density at radius 2 is 1.14 bits per heavy atom. The highest BCUT2D eigenvalue weighted by molar-refractivity contribution is 5.81. The number of benzene rings is 4. The van der Waals surface area contributed by atoms with E-state index in [0.29, 0.717) is 0 Å². The van der Waals surface area contributed by atoms with Gasteiger partial charge in [-0.05, 0) is 78.6 Å². The summed E-state index contributed by atoms with van der Waals surface area (Å²) in [5.74, 6) is 0.239. The Morgan fingerprint density at radius 1 is 0.600 bits per heavy atom. The third kappa shape index (κ3) is 3.35. The molecule has 0 N–H and O–H groups in total. The maximum atomic E-state index is 2.39. The minimum atomic E-state index is -0.308. The number of hydrogen-bond donors (Lipinski definition) is 0. The average molecular weight is 453 g/mol. The van der Waals surface area contributed by atoms with Crippen LogP contribution in [-0.2, 0) is 11.8 Å². The zero-order valence-corrected chi connectivity index (χ0v) is 21.1. The smallest absolute Gasteiger partial charge is 0.0554 e. The Bertz CT molecular complexity index is 1420. The van der Waals surface area contributed by atoms with E-state index in [4.69, 9.17) is 0 Å². The first kappa shape index (κ1) is 21.9. The van der Waals surface area contributed by atoms with Crippen LogP contribution in [0.1, 0.15) is 50.1 Å². The van der Waals surface area contributed by atoms with Gasteiger partial charge in [-0.25, -0.2) is 0 Å². The van der Waals surface area contributed by atoms with E-state index in [1.165, 1.54) is 61.2 Å². The average Bonchev–Trinajstić information content (AvgIpc) is 3.51. The molecule has 0 heterocycles. The van der Waals surface area contributed by atoms with Crippen LogP contribution in [0.4, 0.5) is 0 Å². The second-order valence-electron chi connectivity index (χ2n) is 10.5. The topological polar surface area (TPSA) is 0 Å². The summed E-state index contributed by atoms with van der Waals surface area (Å²) in [5.41, 5.74) is 14.9. The highest BCUT2D eigenvalue weighted by atomic mass is 14.5. The van der Waals surface area contributed by atoms with Crippen LogP contribution < -0.4 is 0 Å². The number of aryl methyl sites for hydroxylation is 4. The molecule has 0 unspecified atom stereocenters. The van der Waals surface area contributed by atoms with Crippen molar-refractivity contribution < 1.29 is 0 Å². The molecule has 2 aliphatic rings. The van der Waals surface area contributed by atoms with Gasteiger partial charge in [0.2, 0.25) is 0 Å². The molecule has 0 radical (unpaired) electrons. The molecule has 6 rings (SSSR count). The van der Waals surface area contributed by atoms with Gasteiger partial charge in [-0.15, -0.1) is 0 Å². The molecule has 0 fully saturated rings. The normalized spacial score (nSPS) is 14.4. The molecule has 0 amide bonds. The molecule has 172 valence electrons. The summed E-state index contributed by atoms with van der Waals surface area (Å²) in [7, 11) is 0. The number of fused-ring (bicyclic) bond motifs is 3. The largest absolute Gasteiger partial charge is 0.0761 e. The SMILES string of the molecule is Cc1ccc(C(c2ccc(C)cc2)(c2c(C)ccc3c2Cc2cc(C)ccc2-3)C2C=CC=C2)cc1. The van der Waals surface area contributed by atoms with Gasteiger partial charge in [0.1, 0.15) is 0 Å². The van der Waals surface area contributed by atoms with E-state index in [2.05, 4.69) is 131 Å². The molecule has 0 atom stereocenters. The van der Waals surface area contributed by atoms with Gasteiger partial charge in [0.05, 0.1) is 5.41 Å². The van der Waals surface area contributed by atoms with E-state index in [0.717, 1.165) is 6.42 Å². The summed E-state index contributed by atoms with van der Waals surface area (Å²) in [4.78, 5) is 0. The fraction of sp³-hybridized carbons (Fsp3) is 0.200. The Hall–Kier alpha value is -3.64. The van der Waals surface area contributed by atoms with E-state index in [-0.39, 0.29) is 11.3 Å². The van der Waals surface area contributed by atoms with E-state index in [9.17, 15) is 0 Å². The number of rotatable bonds is 4. The van der Waals surface area contributed by atoms with Gasteiger partial charge in [-0.2, -0.15) is 0 Å². The molecule has 0 heteroatoms. The van der Waals surface area contributed by atoms with Crippen molar-refractivity contribution in [3.8, 4) is 11.1 Å². The minimum Gasteiger partial charge on any atom is -0.0761 e. The third-order valence-electron chi connectivity index (χ3n) is 8.10. The number of allylic oxidation sites excluding steroid dienone is 4. The summed E-state index contributed by atoms with van der Waals surface area (Å²) in [6.07, 6.45) is 10.2. The predicted molar refractivity (Wildman–Crippen MR) is 148 cm³/mol. The summed E-state index contributed by atoms with van der Waals surface area (Å²) >= 11 is 0. The monoisotopic (exact) mass is 452 g/mol. The molecule has 0 bridgehead atoms. The fourth-order valence-electron chi connectivity index (χ4n) is 6.43. The van der Waals surface area contributed by atoms with Crippen LogP contribution in [0, 0.1) is 33.6 Å². The van der Waals surface area contributed by atoms with Gasteiger partial charge in [0.15, 0.2) is 0 Å². The molecule has 0 nitrogen and oxygen atoms in total. The Kier molecular flexibility index (Phi) is 5.15. The minimum absolute atomic E-state index is 0.239. The van der Waals surface area contributed by atoms with Crippen LogP contribution in [0.3, 0.4) is 0 Å². The molecular formula is C35H32. The molecule has 35 heavy (non-hydrogen) atoms. The van der Waals surface area contributed by atoms with Gasteiger partial charge < -0.3 is 0 Å². The highest BCUT2D eigenvalue weighted by Crippen LogP contribution is 2.53. The molecule has 0 aliphatic heterocycles. The van der Waals surface area contributed by atoms with Crippen LogP contribution in [0.5, 0.6) is 0 Å². The van der Waals surface area contributed by atoms with Crippen LogP contribution in [0.2, 0.25) is 0 Å². The Balaban J connectivity index is 1.73. The first-order chi connectivity index (χ1) is 17.0. The second kappa shape index (κ2) is 8.24. The second-order valence-corrected chi connectivity index (χ2v) is 10.5. The Morgan fingerprint density at radius 3 is 1.74 bits per heavy atom. The maximum Gasteiger partial charge on any atom is 0.0554 e. The van der Waals surface area contributed by atoms with E-state index >= 15 is 0 Å². The van der Waals surface area contributed by atoms with E-state index in [1.807, 2.05) is 0 Å². The molecule has 0 saturated carbocycles. The fourth-order valence-corrected chi connectivity index (χ4v) is 6.43. The third-order valence-corrected chi connectivity index (χ3v) is 8.10. The predicted octanol–water partition coefficient (Wildman–Crippen LogP) is 8.57. The van der Waals surface area contributed by atoms with Gasteiger partial charge in [0.25, 0.3) is 0 Å². The van der Waals surface area contributed by atoms with E-state index in [1.54, 1.807) is 0 Å². The van der Waals surface area contributed by atoms with Gasteiger partial charge >= 0.3 is 0 Å². The zero-order valence-electron chi connectivity index (χ0n) is 21.1. The van der Waals surface area contributed by atoms with Crippen molar-refractivity contribution in [3.05, 3.63) is 153 Å². The molecular weight excluding hydrogens is 420 g/mol. The molecule has 0 saturated heterocycles. The molecule has 4 aromatic rings. The van der Waals surface area contributed by atoms with Crippen LogP contribution in [-0.4, -0.2) is 0 Å². The Labute approximate surface area is 209 Å². The standard InChI is InChI=1S/C35H32/c1-23-9-15-29(16-10-23)35(28-7-5-6-8-28,30-17-11-24(2)12-18-30)34-26(4)14-20-32-31-19-13-25(3)21-27(31)22-33(32)34/h5-21,28H,22H2,1-4H3.